The standard InChI is InChI=1S/C26H32N2O7/c1-3-33-24(30)6-4-5-7-25(31)34-16-17-35-26(32)28-23-14-10-21(11-15-23)18-20-8-12-22(13-9-20)27-19(2)29/h8-15H,3-7,16-18H2,1-2H3,(H,27,29)(H,28,32). The smallest absolute Gasteiger partial charge is 0.411 e. The van der Waals surface area contributed by atoms with E-state index in [-0.39, 0.29) is 37.9 Å². The van der Waals surface area contributed by atoms with Crippen LogP contribution in [0.15, 0.2) is 48.5 Å². The average molecular weight is 485 g/mol. The van der Waals surface area contributed by atoms with Crippen molar-refractivity contribution < 1.29 is 33.4 Å². The van der Waals surface area contributed by atoms with E-state index in [2.05, 4.69) is 10.6 Å². The van der Waals surface area contributed by atoms with Gasteiger partial charge < -0.3 is 19.5 Å². The van der Waals surface area contributed by atoms with Crippen LogP contribution in [0.5, 0.6) is 0 Å². The van der Waals surface area contributed by atoms with Crippen LogP contribution in [0.2, 0.25) is 0 Å². The molecule has 0 aliphatic carbocycles. The lowest BCUT2D eigenvalue weighted by molar-refractivity contribution is -0.146. The Morgan fingerprint density at radius 2 is 1.17 bits per heavy atom. The topological polar surface area (TPSA) is 120 Å². The summed E-state index contributed by atoms with van der Waals surface area (Å²) in [5.41, 5.74) is 3.48. The van der Waals surface area contributed by atoms with Crippen LogP contribution in [0.25, 0.3) is 0 Å². The molecule has 35 heavy (non-hydrogen) atoms. The molecule has 0 aromatic heterocycles. The summed E-state index contributed by atoms with van der Waals surface area (Å²) in [4.78, 5) is 45.9. The maximum Gasteiger partial charge on any atom is 0.411 e. The second-order valence-electron chi connectivity index (χ2n) is 7.75. The van der Waals surface area contributed by atoms with Crippen LogP contribution in [0.3, 0.4) is 0 Å². The van der Waals surface area contributed by atoms with Crippen LogP contribution in [-0.2, 0) is 35.0 Å². The fourth-order valence-electron chi connectivity index (χ4n) is 3.14. The van der Waals surface area contributed by atoms with Gasteiger partial charge in [-0.05, 0) is 61.6 Å². The minimum atomic E-state index is -0.642. The second kappa shape index (κ2) is 15.1. The third-order valence-electron chi connectivity index (χ3n) is 4.78. The fourth-order valence-corrected chi connectivity index (χ4v) is 3.14. The van der Waals surface area contributed by atoms with Gasteiger partial charge in [0.05, 0.1) is 6.61 Å². The van der Waals surface area contributed by atoms with Crippen molar-refractivity contribution in [2.75, 3.05) is 30.5 Å². The first-order chi connectivity index (χ1) is 16.9. The molecule has 0 spiro atoms. The van der Waals surface area contributed by atoms with E-state index in [0.717, 1.165) is 16.8 Å². The van der Waals surface area contributed by atoms with Gasteiger partial charge in [0.1, 0.15) is 13.2 Å². The Kier molecular flexibility index (Phi) is 11.8. The van der Waals surface area contributed by atoms with Crippen molar-refractivity contribution in [3.8, 4) is 0 Å². The molecule has 2 N–H and O–H groups in total. The van der Waals surface area contributed by atoms with E-state index in [9.17, 15) is 19.2 Å². The van der Waals surface area contributed by atoms with E-state index in [0.29, 0.717) is 31.6 Å². The molecule has 2 aromatic rings. The van der Waals surface area contributed by atoms with Gasteiger partial charge in [-0.1, -0.05) is 24.3 Å². The molecule has 0 aliphatic heterocycles. The highest BCUT2D eigenvalue weighted by Gasteiger charge is 2.08. The molecule has 188 valence electrons. The number of carbonyl (C=O) groups is 4. The average Bonchev–Trinajstić information content (AvgIpc) is 2.82. The molecule has 0 radical (unpaired) electrons. The Morgan fingerprint density at radius 3 is 1.69 bits per heavy atom. The van der Waals surface area contributed by atoms with Crippen LogP contribution in [0, 0.1) is 0 Å². The summed E-state index contributed by atoms with van der Waals surface area (Å²) >= 11 is 0. The molecule has 0 aliphatic rings. The van der Waals surface area contributed by atoms with E-state index in [1.807, 2.05) is 36.4 Å². The number of hydrogen-bond donors (Lipinski definition) is 2. The van der Waals surface area contributed by atoms with E-state index >= 15 is 0 Å². The van der Waals surface area contributed by atoms with Gasteiger partial charge in [0, 0.05) is 31.1 Å². The van der Waals surface area contributed by atoms with Gasteiger partial charge in [-0.25, -0.2) is 4.79 Å². The molecular weight excluding hydrogens is 452 g/mol. The van der Waals surface area contributed by atoms with E-state index in [1.54, 1.807) is 19.1 Å². The van der Waals surface area contributed by atoms with Gasteiger partial charge in [0.25, 0.3) is 0 Å². The molecule has 0 bridgehead atoms. The quantitative estimate of drug-likeness (QED) is 0.245. The molecule has 0 saturated carbocycles. The summed E-state index contributed by atoms with van der Waals surface area (Å²) in [6, 6.07) is 15.0. The molecule has 2 rings (SSSR count). The van der Waals surface area contributed by atoms with E-state index < -0.39 is 12.1 Å². The fraction of sp³-hybridized carbons (Fsp3) is 0.385. The van der Waals surface area contributed by atoms with Crippen LogP contribution >= 0.6 is 0 Å². The first kappa shape index (κ1) is 27.4. The van der Waals surface area contributed by atoms with Gasteiger partial charge in [0.2, 0.25) is 5.91 Å². The zero-order valence-corrected chi connectivity index (χ0v) is 20.1. The summed E-state index contributed by atoms with van der Waals surface area (Å²) in [5.74, 6) is -0.789. The summed E-state index contributed by atoms with van der Waals surface area (Å²) < 4.78 is 14.9. The molecular formula is C26H32N2O7. The van der Waals surface area contributed by atoms with Crippen molar-refractivity contribution in [2.45, 2.75) is 46.0 Å². The minimum absolute atomic E-state index is 0.0379. The Balaban J connectivity index is 1.61. The highest BCUT2D eigenvalue weighted by molar-refractivity contribution is 5.88. The SMILES string of the molecule is CCOC(=O)CCCCC(=O)OCCOC(=O)Nc1ccc(Cc2ccc(NC(C)=O)cc2)cc1. The van der Waals surface area contributed by atoms with Crippen molar-refractivity contribution in [3.63, 3.8) is 0 Å². The minimum Gasteiger partial charge on any atom is -0.466 e. The number of benzene rings is 2. The molecule has 0 unspecified atom stereocenters. The molecule has 2 aromatic carbocycles. The zero-order chi connectivity index (χ0) is 25.5. The van der Waals surface area contributed by atoms with Crippen molar-refractivity contribution >= 4 is 35.3 Å². The van der Waals surface area contributed by atoms with Crippen LogP contribution < -0.4 is 10.6 Å². The van der Waals surface area contributed by atoms with Gasteiger partial charge in [0.15, 0.2) is 0 Å². The number of ether oxygens (including phenoxy) is 3. The Bertz CT molecular complexity index is 972. The lowest BCUT2D eigenvalue weighted by atomic mass is 10.0. The molecule has 9 nitrogen and oxygen atoms in total. The highest BCUT2D eigenvalue weighted by atomic mass is 16.6. The Labute approximate surface area is 205 Å². The number of nitrogens with one attached hydrogen (secondary N) is 2. The highest BCUT2D eigenvalue weighted by Crippen LogP contribution is 2.16. The van der Waals surface area contributed by atoms with Gasteiger partial charge in [-0.15, -0.1) is 0 Å². The van der Waals surface area contributed by atoms with Crippen LogP contribution in [0.1, 0.15) is 50.7 Å². The third-order valence-corrected chi connectivity index (χ3v) is 4.78. The number of esters is 2. The van der Waals surface area contributed by atoms with Crippen LogP contribution in [0.4, 0.5) is 16.2 Å². The number of rotatable bonds is 13. The number of amides is 2. The molecule has 0 heterocycles. The van der Waals surface area contributed by atoms with Gasteiger partial charge >= 0.3 is 18.0 Å². The summed E-state index contributed by atoms with van der Waals surface area (Å²) in [6.07, 6.45) is 1.61. The predicted octanol–water partition coefficient (Wildman–Crippen LogP) is 4.45. The Morgan fingerprint density at radius 1 is 0.686 bits per heavy atom. The number of carbonyl (C=O) groups excluding carboxylic acids is 4. The maximum absolute atomic E-state index is 11.9. The summed E-state index contributed by atoms with van der Waals surface area (Å²) in [6.45, 7) is 3.46. The molecule has 0 saturated heterocycles. The first-order valence-electron chi connectivity index (χ1n) is 11.6. The van der Waals surface area contributed by atoms with Gasteiger partial charge in [-0.3, -0.25) is 19.7 Å². The summed E-state index contributed by atoms with van der Waals surface area (Å²) in [5, 5.41) is 5.36. The lowest BCUT2D eigenvalue weighted by Gasteiger charge is -2.09. The first-order valence-corrected chi connectivity index (χ1v) is 11.6. The normalized spacial score (nSPS) is 10.2. The van der Waals surface area contributed by atoms with Crippen molar-refractivity contribution in [1.82, 2.24) is 0 Å². The molecule has 2 amide bonds. The largest absolute Gasteiger partial charge is 0.466 e. The van der Waals surface area contributed by atoms with E-state index in [1.165, 1.54) is 6.92 Å². The van der Waals surface area contributed by atoms with Crippen molar-refractivity contribution in [3.05, 3.63) is 59.7 Å². The second-order valence-corrected chi connectivity index (χ2v) is 7.75. The summed E-state index contributed by atoms with van der Waals surface area (Å²) in [7, 11) is 0. The molecule has 0 fully saturated rings. The number of anilines is 2. The monoisotopic (exact) mass is 484 g/mol. The lowest BCUT2D eigenvalue weighted by Crippen LogP contribution is -2.18. The van der Waals surface area contributed by atoms with Crippen molar-refractivity contribution in [1.29, 1.82) is 0 Å². The predicted molar refractivity (Wildman–Crippen MR) is 131 cm³/mol. The Hall–Kier alpha value is -3.88. The maximum atomic E-state index is 11.9. The van der Waals surface area contributed by atoms with Crippen molar-refractivity contribution in [2.24, 2.45) is 0 Å². The van der Waals surface area contributed by atoms with Gasteiger partial charge in [-0.2, -0.15) is 0 Å². The molecule has 0 atom stereocenters. The number of unbranched alkanes of at least 4 members (excludes halogenated alkanes) is 1. The van der Waals surface area contributed by atoms with E-state index in [4.69, 9.17) is 14.2 Å². The third kappa shape index (κ3) is 11.7. The van der Waals surface area contributed by atoms with Crippen LogP contribution in [-0.4, -0.2) is 43.8 Å². The zero-order valence-electron chi connectivity index (χ0n) is 20.1. The molecule has 9 heteroatoms. The number of hydrogen-bond acceptors (Lipinski definition) is 7.